The number of piperidine rings is 1. The van der Waals surface area contributed by atoms with E-state index in [9.17, 15) is 4.79 Å². The maximum atomic E-state index is 13.1. The molecule has 0 bridgehead atoms. The Labute approximate surface area is 188 Å². The molecule has 1 saturated heterocycles. The molecule has 4 heterocycles. The summed E-state index contributed by atoms with van der Waals surface area (Å²) in [5, 5.41) is 9.70. The van der Waals surface area contributed by atoms with E-state index in [0.29, 0.717) is 12.6 Å². The van der Waals surface area contributed by atoms with Gasteiger partial charge >= 0.3 is 0 Å². The summed E-state index contributed by atoms with van der Waals surface area (Å²) in [5.74, 6) is 1.52. The average Bonchev–Trinajstić information content (AvgIpc) is 3.58. The van der Waals surface area contributed by atoms with Gasteiger partial charge < -0.3 is 9.47 Å². The summed E-state index contributed by atoms with van der Waals surface area (Å²) in [7, 11) is 0. The van der Waals surface area contributed by atoms with E-state index >= 15 is 0 Å². The van der Waals surface area contributed by atoms with Gasteiger partial charge in [0.1, 0.15) is 18.0 Å². The molecule has 32 heavy (non-hydrogen) atoms. The van der Waals surface area contributed by atoms with E-state index in [0.717, 1.165) is 57.8 Å². The number of hydrogen-bond donors (Lipinski definition) is 0. The molecule has 5 aromatic rings. The topological polar surface area (TPSA) is 68.8 Å². The van der Waals surface area contributed by atoms with E-state index in [1.54, 1.807) is 11.3 Å². The summed E-state index contributed by atoms with van der Waals surface area (Å²) in [6, 6.07) is 18.2. The van der Waals surface area contributed by atoms with Crippen LogP contribution in [0.15, 0.2) is 67.0 Å². The quantitative estimate of drug-likeness (QED) is 0.415. The van der Waals surface area contributed by atoms with Crippen LogP contribution >= 0.6 is 11.3 Å². The van der Waals surface area contributed by atoms with Gasteiger partial charge in [-0.2, -0.15) is 0 Å². The third-order valence-electron chi connectivity index (χ3n) is 6.24. The normalized spacial score (nSPS) is 15.1. The van der Waals surface area contributed by atoms with Crippen molar-refractivity contribution in [3.8, 4) is 0 Å². The molecular weight excluding hydrogens is 420 g/mol. The van der Waals surface area contributed by atoms with Gasteiger partial charge in [0.05, 0.1) is 10.4 Å². The Balaban J connectivity index is 1.16. The number of amides is 1. The Bertz CT molecular complexity index is 1380. The fourth-order valence-electron chi connectivity index (χ4n) is 4.55. The lowest BCUT2D eigenvalue weighted by molar-refractivity contribution is 0.0715. The molecule has 0 spiro atoms. The Morgan fingerprint density at radius 2 is 1.88 bits per heavy atom. The Morgan fingerprint density at radius 1 is 1.06 bits per heavy atom. The van der Waals surface area contributed by atoms with Gasteiger partial charge in [-0.05, 0) is 42.5 Å². The van der Waals surface area contributed by atoms with Crippen LogP contribution in [0.3, 0.4) is 0 Å². The first-order valence-electron chi connectivity index (χ1n) is 10.8. The number of benzene rings is 2. The van der Waals surface area contributed by atoms with Crippen molar-refractivity contribution in [1.82, 2.24) is 29.4 Å². The van der Waals surface area contributed by atoms with Crippen molar-refractivity contribution in [2.75, 3.05) is 13.1 Å². The van der Waals surface area contributed by atoms with Crippen molar-refractivity contribution in [2.45, 2.75) is 25.4 Å². The molecule has 0 radical (unpaired) electrons. The average molecular weight is 443 g/mol. The van der Waals surface area contributed by atoms with Gasteiger partial charge in [-0.1, -0.05) is 35.5 Å². The predicted octanol–water partition coefficient (Wildman–Crippen LogP) is 4.37. The van der Waals surface area contributed by atoms with E-state index in [-0.39, 0.29) is 5.91 Å². The summed E-state index contributed by atoms with van der Waals surface area (Å²) in [6.07, 6.45) is 5.67. The van der Waals surface area contributed by atoms with Crippen LogP contribution in [0.2, 0.25) is 0 Å². The van der Waals surface area contributed by atoms with Gasteiger partial charge in [0.25, 0.3) is 5.91 Å². The lowest BCUT2D eigenvalue weighted by atomic mass is 9.96. The zero-order valence-corrected chi connectivity index (χ0v) is 18.3. The molecule has 0 aliphatic carbocycles. The molecule has 1 aliphatic heterocycles. The lowest BCUT2D eigenvalue weighted by Gasteiger charge is -2.31. The van der Waals surface area contributed by atoms with Gasteiger partial charge in [0.2, 0.25) is 0 Å². The van der Waals surface area contributed by atoms with E-state index < -0.39 is 0 Å². The van der Waals surface area contributed by atoms with E-state index in [1.807, 2.05) is 64.4 Å². The number of likely N-dealkylation sites (tertiary alicyclic amines) is 1. The number of hydrogen-bond acceptors (Lipinski definition) is 5. The van der Waals surface area contributed by atoms with Crippen molar-refractivity contribution in [3.63, 3.8) is 0 Å². The van der Waals surface area contributed by atoms with Crippen molar-refractivity contribution < 1.29 is 4.79 Å². The summed E-state index contributed by atoms with van der Waals surface area (Å²) in [6.45, 7) is 2.07. The van der Waals surface area contributed by atoms with Crippen LogP contribution in [-0.4, -0.2) is 48.4 Å². The van der Waals surface area contributed by atoms with Crippen molar-refractivity contribution in [3.05, 3.63) is 77.7 Å². The molecular formula is C24H22N6OS. The highest BCUT2D eigenvalue weighted by molar-refractivity contribution is 7.20. The number of rotatable bonds is 4. The fraction of sp³-hybridized carbons (Fsp3) is 0.250. The van der Waals surface area contributed by atoms with Crippen LogP contribution in [0.25, 0.3) is 21.1 Å². The number of fused-ring (bicyclic) bond motifs is 2. The summed E-state index contributed by atoms with van der Waals surface area (Å²) in [4.78, 5) is 20.5. The largest absolute Gasteiger partial charge is 0.338 e. The molecule has 0 atom stereocenters. The Morgan fingerprint density at radius 3 is 2.75 bits per heavy atom. The van der Waals surface area contributed by atoms with Crippen molar-refractivity contribution in [2.24, 2.45) is 0 Å². The number of thiophene rings is 1. The number of para-hydroxylation sites is 1. The maximum absolute atomic E-state index is 13.1. The molecule has 3 aromatic heterocycles. The van der Waals surface area contributed by atoms with Crippen LogP contribution in [0.5, 0.6) is 0 Å². The number of aromatic nitrogens is 5. The highest BCUT2D eigenvalue weighted by Gasteiger charge is 2.28. The minimum absolute atomic E-state index is 0.141. The van der Waals surface area contributed by atoms with E-state index in [4.69, 9.17) is 0 Å². The highest BCUT2D eigenvalue weighted by atomic mass is 32.1. The molecule has 6 rings (SSSR count). The molecule has 160 valence electrons. The highest BCUT2D eigenvalue weighted by Crippen LogP contribution is 2.30. The minimum Gasteiger partial charge on any atom is -0.338 e. The van der Waals surface area contributed by atoms with Gasteiger partial charge in [-0.3, -0.25) is 4.79 Å². The standard InChI is InChI=1S/C24H22N6OS/c31-24(22-15-18-5-1-4-8-21(18)32-22)28-12-9-17(10-13-28)23-25-11-14-29(23)16-30-20-7-3-2-6-19(20)26-27-30/h1-8,11,14-15,17H,9-10,12-13,16H2. The predicted molar refractivity (Wildman–Crippen MR) is 125 cm³/mol. The minimum atomic E-state index is 0.141. The molecule has 0 unspecified atom stereocenters. The third kappa shape index (κ3) is 3.36. The second kappa shape index (κ2) is 7.87. The summed E-state index contributed by atoms with van der Waals surface area (Å²) >= 11 is 1.58. The first kappa shape index (κ1) is 19.2. The molecule has 7 nitrogen and oxygen atoms in total. The van der Waals surface area contributed by atoms with Crippen LogP contribution in [-0.2, 0) is 6.67 Å². The zero-order chi connectivity index (χ0) is 21.5. The Kier molecular flexibility index (Phi) is 4.72. The van der Waals surface area contributed by atoms with Gasteiger partial charge in [-0.25, -0.2) is 9.67 Å². The van der Waals surface area contributed by atoms with Crippen LogP contribution in [0.1, 0.15) is 34.3 Å². The van der Waals surface area contributed by atoms with Gasteiger partial charge in [-0.15, -0.1) is 16.4 Å². The summed E-state index contributed by atoms with van der Waals surface area (Å²) < 4.78 is 5.21. The second-order valence-electron chi connectivity index (χ2n) is 8.19. The van der Waals surface area contributed by atoms with Crippen LogP contribution in [0, 0.1) is 0 Å². The molecule has 8 heteroatoms. The number of carbonyl (C=O) groups is 1. The zero-order valence-electron chi connectivity index (χ0n) is 17.5. The van der Waals surface area contributed by atoms with Gasteiger partial charge in [0, 0.05) is 36.1 Å². The molecule has 1 aliphatic rings. The first-order chi connectivity index (χ1) is 15.8. The maximum Gasteiger partial charge on any atom is 0.263 e. The second-order valence-corrected chi connectivity index (χ2v) is 9.27. The first-order valence-corrected chi connectivity index (χ1v) is 11.6. The van der Waals surface area contributed by atoms with Crippen LogP contribution in [0.4, 0.5) is 0 Å². The fourth-order valence-corrected chi connectivity index (χ4v) is 5.58. The molecule has 0 N–H and O–H groups in total. The van der Waals surface area contributed by atoms with Crippen molar-refractivity contribution >= 4 is 38.4 Å². The monoisotopic (exact) mass is 442 g/mol. The molecule has 2 aromatic carbocycles. The van der Waals surface area contributed by atoms with E-state index in [2.05, 4.69) is 32.0 Å². The number of imidazole rings is 1. The third-order valence-corrected chi connectivity index (χ3v) is 7.34. The number of carbonyl (C=O) groups excluding carboxylic acids is 1. The molecule has 1 amide bonds. The molecule has 1 fully saturated rings. The number of nitrogens with zero attached hydrogens (tertiary/aromatic N) is 6. The smallest absolute Gasteiger partial charge is 0.263 e. The van der Waals surface area contributed by atoms with Crippen molar-refractivity contribution in [1.29, 1.82) is 0 Å². The van der Waals surface area contributed by atoms with Gasteiger partial charge in [0.15, 0.2) is 0 Å². The SMILES string of the molecule is O=C(c1cc2ccccc2s1)N1CCC(c2nccn2Cn2nnc3ccccc32)CC1. The Hall–Kier alpha value is -3.52. The van der Waals surface area contributed by atoms with E-state index in [1.165, 1.54) is 0 Å². The summed E-state index contributed by atoms with van der Waals surface area (Å²) in [5.41, 5.74) is 1.90. The lowest BCUT2D eigenvalue weighted by Crippen LogP contribution is -2.38. The van der Waals surface area contributed by atoms with Crippen LogP contribution < -0.4 is 0 Å². The molecule has 0 saturated carbocycles.